The van der Waals surface area contributed by atoms with E-state index in [0.717, 1.165) is 6.42 Å². The second-order valence-corrected chi connectivity index (χ2v) is 7.11. The molecular weight excluding hydrogens is 259 g/mol. The minimum absolute atomic E-state index is 0.129. The van der Waals surface area contributed by atoms with Crippen LogP contribution < -0.4 is 5.73 Å². The molecule has 0 aromatic heterocycles. The molecule has 0 saturated carbocycles. The minimum atomic E-state index is -1.69. The Labute approximate surface area is 106 Å². The number of carbonyl (C=O) groups excluding carboxylic acids is 2. The molecule has 2 unspecified atom stereocenters. The van der Waals surface area contributed by atoms with Crippen LogP contribution in [0.5, 0.6) is 0 Å². The Morgan fingerprint density at radius 2 is 2.18 bits per heavy atom. The zero-order chi connectivity index (χ0) is 12.8. The van der Waals surface area contributed by atoms with E-state index in [0.29, 0.717) is 25.4 Å². The summed E-state index contributed by atoms with van der Waals surface area (Å²) in [6, 6.07) is 0. The van der Waals surface area contributed by atoms with Crippen molar-refractivity contribution in [2.24, 2.45) is 5.73 Å². The van der Waals surface area contributed by atoms with Gasteiger partial charge in [0.2, 0.25) is 11.8 Å². The lowest BCUT2D eigenvalue weighted by Crippen LogP contribution is -2.33. The summed E-state index contributed by atoms with van der Waals surface area (Å²) in [5.41, 5.74) is 5.33. The molecule has 0 radical (unpaired) electrons. The summed E-state index contributed by atoms with van der Waals surface area (Å²) in [6.07, 6.45) is 3.90. The van der Waals surface area contributed by atoms with Gasteiger partial charge < -0.3 is 10.3 Å². The van der Waals surface area contributed by atoms with Crippen molar-refractivity contribution in [3.05, 3.63) is 0 Å². The lowest BCUT2D eigenvalue weighted by molar-refractivity contribution is -0.137. The van der Waals surface area contributed by atoms with Crippen LogP contribution in [-0.4, -0.2) is 53.6 Å². The molecule has 1 heterocycles. The van der Waals surface area contributed by atoms with Gasteiger partial charge in [0.25, 0.3) is 0 Å². The smallest absolute Gasteiger partial charge is 0.242 e. The summed E-state index contributed by atoms with van der Waals surface area (Å²) in [5, 5.41) is -0.242. The fourth-order valence-electron chi connectivity index (χ4n) is 1.73. The van der Waals surface area contributed by atoms with Crippen molar-refractivity contribution < 1.29 is 14.2 Å². The standard InChI is InChI=1S/C10H19N2O3PS/c1-17-8-7-9(13)12(10(8)14)4-6-16(15)5-2-3-11/h8,16H,2-7,11H2,1H3. The van der Waals surface area contributed by atoms with Crippen molar-refractivity contribution in [1.82, 2.24) is 4.90 Å². The molecule has 0 aliphatic carbocycles. The van der Waals surface area contributed by atoms with Gasteiger partial charge in [0.15, 0.2) is 0 Å². The lowest BCUT2D eigenvalue weighted by Gasteiger charge is -2.14. The number of carbonyl (C=O) groups is 2. The first-order valence-electron chi connectivity index (χ1n) is 5.69. The molecule has 2 atom stereocenters. The van der Waals surface area contributed by atoms with Crippen molar-refractivity contribution in [3.63, 3.8) is 0 Å². The molecule has 0 spiro atoms. The summed E-state index contributed by atoms with van der Waals surface area (Å²) in [4.78, 5) is 24.6. The molecule has 0 bridgehead atoms. The van der Waals surface area contributed by atoms with Crippen LogP contribution in [0.15, 0.2) is 0 Å². The van der Waals surface area contributed by atoms with Crippen LogP contribution in [0.4, 0.5) is 0 Å². The van der Waals surface area contributed by atoms with E-state index >= 15 is 0 Å². The van der Waals surface area contributed by atoms with Gasteiger partial charge in [0.1, 0.15) is 0 Å². The average Bonchev–Trinajstić information content (AvgIpc) is 2.59. The Morgan fingerprint density at radius 3 is 2.71 bits per heavy atom. The number of amides is 2. The Kier molecular flexibility index (Phi) is 6.23. The third-order valence-corrected chi connectivity index (χ3v) is 5.39. The second kappa shape index (κ2) is 7.19. The largest absolute Gasteiger partial charge is 0.330 e. The van der Waals surface area contributed by atoms with Gasteiger partial charge in [0, 0.05) is 19.1 Å². The van der Waals surface area contributed by atoms with E-state index in [2.05, 4.69) is 0 Å². The number of imide groups is 1. The van der Waals surface area contributed by atoms with Gasteiger partial charge in [-0.05, 0) is 25.4 Å². The van der Waals surface area contributed by atoms with Crippen molar-refractivity contribution in [1.29, 1.82) is 0 Å². The molecule has 1 fully saturated rings. The van der Waals surface area contributed by atoms with Gasteiger partial charge in [-0.2, -0.15) is 11.8 Å². The molecule has 0 aromatic rings. The van der Waals surface area contributed by atoms with Crippen molar-refractivity contribution in [2.75, 3.05) is 31.7 Å². The molecule has 1 rings (SSSR count). The molecule has 1 aliphatic rings. The predicted molar refractivity (Wildman–Crippen MR) is 71.0 cm³/mol. The van der Waals surface area contributed by atoms with Gasteiger partial charge in [0.05, 0.1) is 13.1 Å². The Hall–Kier alpha value is -0.320. The maximum Gasteiger partial charge on any atom is 0.242 e. The number of rotatable bonds is 7. The fourth-order valence-corrected chi connectivity index (χ4v) is 3.69. The first-order valence-corrected chi connectivity index (χ1v) is 8.80. The van der Waals surface area contributed by atoms with Crippen LogP contribution in [0, 0.1) is 0 Å². The summed E-state index contributed by atoms with van der Waals surface area (Å²) >= 11 is 1.40. The van der Waals surface area contributed by atoms with Gasteiger partial charge in [-0.1, -0.05) is 0 Å². The van der Waals surface area contributed by atoms with Gasteiger partial charge in [-0.15, -0.1) is 0 Å². The van der Waals surface area contributed by atoms with Gasteiger partial charge >= 0.3 is 0 Å². The molecular formula is C10H19N2O3PS. The van der Waals surface area contributed by atoms with Crippen molar-refractivity contribution >= 4 is 31.4 Å². The highest BCUT2D eigenvalue weighted by Crippen LogP contribution is 2.26. The quantitative estimate of drug-likeness (QED) is 0.538. The summed E-state index contributed by atoms with van der Waals surface area (Å²) in [5.74, 6) is -0.265. The van der Waals surface area contributed by atoms with E-state index in [1.807, 2.05) is 6.26 Å². The highest BCUT2D eigenvalue weighted by atomic mass is 32.2. The molecule has 98 valence electrons. The minimum Gasteiger partial charge on any atom is -0.330 e. The van der Waals surface area contributed by atoms with E-state index < -0.39 is 7.80 Å². The molecule has 0 aromatic carbocycles. The van der Waals surface area contributed by atoms with Crippen molar-refractivity contribution in [2.45, 2.75) is 18.1 Å². The lowest BCUT2D eigenvalue weighted by atomic mass is 10.4. The maximum absolute atomic E-state index is 11.7. The molecule has 1 saturated heterocycles. The number of nitrogens with zero attached hydrogens (tertiary/aromatic N) is 1. The molecule has 17 heavy (non-hydrogen) atoms. The van der Waals surface area contributed by atoms with Crippen LogP contribution in [0.1, 0.15) is 12.8 Å². The van der Waals surface area contributed by atoms with Crippen LogP contribution >= 0.6 is 19.6 Å². The summed E-state index contributed by atoms with van der Waals surface area (Å²) in [6.45, 7) is 0.837. The highest BCUT2D eigenvalue weighted by molar-refractivity contribution is 8.00. The van der Waals surface area contributed by atoms with Gasteiger partial charge in [-0.3, -0.25) is 14.5 Å². The molecule has 5 nitrogen and oxygen atoms in total. The zero-order valence-corrected chi connectivity index (χ0v) is 11.8. The highest BCUT2D eigenvalue weighted by Gasteiger charge is 2.37. The second-order valence-electron chi connectivity index (χ2n) is 3.99. The number of hydrogen-bond donors (Lipinski definition) is 1. The number of nitrogens with two attached hydrogens (primary N) is 1. The summed E-state index contributed by atoms with van der Waals surface area (Å²) < 4.78 is 11.6. The van der Waals surface area contributed by atoms with Crippen LogP contribution in [0.3, 0.4) is 0 Å². The average molecular weight is 278 g/mol. The summed E-state index contributed by atoms with van der Waals surface area (Å²) in [7, 11) is -1.69. The van der Waals surface area contributed by atoms with Crippen molar-refractivity contribution in [3.8, 4) is 0 Å². The SMILES string of the molecule is CSC1CC(=O)N(CC[PH](=O)CCCN)C1=O. The molecule has 2 amide bonds. The monoisotopic (exact) mass is 278 g/mol. The van der Waals surface area contributed by atoms with E-state index in [4.69, 9.17) is 5.73 Å². The first kappa shape index (κ1) is 14.7. The van der Waals surface area contributed by atoms with Crippen LogP contribution in [0.2, 0.25) is 0 Å². The zero-order valence-electron chi connectivity index (χ0n) is 9.98. The number of likely N-dealkylation sites (tertiary alicyclic amines) is 1. The third kappa shape index (κ3) is 4.12. The Morgan fingerprint density at radius 1 is 1.47 bits per heavy atom. The van der Waals surface area contributed by atoms with Gasteiger partial charge in [-0.25, -0.2) is 0 Å². The molecule has 1 aliphatic heterocycles. The molecule has 7 heteroatoms. The normalized spacial score (nSPS) is 22.2. The number of hydrogen-bond acceptors (Lipinski definition) is 5. The van der Waals surface area contributed by atoms with E-state index in [1.165, 1.54) is 16.7 Å². The topological polar surface area (TPSA) is 80.5 Å². The fraction of sp³-hybridized carbons (Fsp3) is 0.800. The van der Waals surface area contributed by atoms with E-state index in [1.54, 1.807) is 0 Å². The Balaban J connectivity index is 2.39. The number of thioether (sulfide) groups is 1. The molecule has 2 N–H and O–H groups in total. The maximum atomic E-state index is 11.7. The van der Waals surface area contributed by atoms with E-state index in [-0.39, 0.29) is 23.5 Å². The van der Waals surface area contributed by atoms with Crippen LogP contribution in [0.25, 0.3) is 0 Å². The van der Waals surface area contributed by atoms with Crippen LogP contribution in [-0.2, 0) is 14.2 Å². The third-order valence-electron chi connectivity index (χ3n) is 2.76. The first-order chi connectivity index (χ1) is 8.10. The predicted octanol–water partition coefficient (Wildman–Crippen LogP) is 0.385. The van der Waals surface area contributed by atoms with E-state index in [9.17, 15) is 14.2 Å². The Bertz CT molecular complexity index is 325.